The van der Waals surface area contributed by atoms with Crippen LogP contribution >= 0.6 is 0 Å². The number of sulfonamides is 1. The molecule has 1 aromatic heterocycles. The van der Waals surface area contributed by atoms with E-state index in [0.29, 0.717) is 51.1 Å². The van der Waals surface area contributed by atoms with Crippen molar-refractivity contribution in [2.45, 2.75) is 54.8 Å². The van der Waals surface area contributed by atoms with E-state index in [1.54, 1.807) is 6.07 Å². The van der Waals surface area contributed by atoms with Crippen LogP contribution in [-0.2, 0) is 27.4 Å². The van der Waals surface area contributed by atoms with Crippen molar-refractivity contribution in [3.8, 4) is 0 Å². The summed E-state index contributed by atoms with van der Waals surface area (Å²) >= 11 is 0. The topological polar surface area (TPSA) is 87.7 Å². The van der Waals surface area contributed by atoms with E-state index in [4.69, 9.17) is 4.74 Å². The Hall–Kier alpha value is -3.36. The van der Waals surface area contributed by atoms with Crippen molar-refractivity contribution in [3.63, 3.8) is 0 Å². The van der Waals surface area contributed by atoms with Gasteiger partial charge in [0.15, 0.2) is 4.90 Å². The maximum Gasteiger partial charge on any atom is 0.416 e. The van der Waals surface area contributed by atoms with Gasteiger partial charge >= 0.3 is 6.18 Å². The summed E-state index contributed by atoms with van der Waals surface area (Å²) in [6.07, 6.45) is 0.947. The number of likely N-dealkylation sites (N-methyl/N-ethyl adjacent to an activating group) is 1. The molecule has 1 N–H and O–H groups in total. The van der Waals surface area contributed by atoms with E-state index >= 15 is 8.78 Å². The van der Waals surface area contributed by atoms with Crippen molar-refractivity contribution >= 4 is 21.5 Å². The molecule has 232 valence electrons. The van der Waals surface area contributed by atoms with Gasteiger partial charge in [-0.1, -0.05) is 18.2 Å². The van der Waals surface area contributed by atoms with Gasteiger partial charge in [0.05, 0.1) is 12.2 Å². The second-order valence-electron chi connectivity index (χ2n) is 11.0. The van der Waals surface area contributed by atoms with Gasteiger partial charge in [0, 0.05) is 43.2 Å². The zero-order valence-corrected chi connectivity index (χ0v) is 24.3. The summed E-state index contributed by atoms with van der Waals surface area (Å²) in [5.41, 5.74) is -0.533. The smallest absolute Gasteiger partial charge is 0.380 e. The van der Waals surface area contributed by atoms with E-state index in [2.05, 4.69) is 19.6 Å². The molecule has 2 saturated heterocycles. The normalized spacial score (nSPS) is 21.4. The van der Waals surface area contributed by atoms with Crippen molar-refractivity contribution in [3.05, 3.63) is 77.8 Å². The Kier molecular flexibility index (Phi) is 8.91. The Labute approximate surface area is 246 Å². The largest absolute Gasteiger partial charge is 0.416 e. The highest BCUT2D eigenvalue weighted by atomic mass is 32.2. The summed E-state index contributed by atoms with van der Waals surface area (Å²) in [6.45, 7) is 1.91. The number of hydrogen-bond donors (Lipinski definition) is 1. The number of aromatic nitrogens is 2. The molecule has 0 unspecified atom stereocenters. The number of anilines is 2. The average molecular weight is 626 g/mol. The highest BCUT2D eigenvalue weighted by molar-refractivity contribution is 7.92. The number of alkyl halides is 3. The van der Waals surface area contributed by atoms with Gasteiger partial charge in [0.2, 0.25) is 0 Å². The van der Waals surface area contributed by atoms with Gasteiger partial charge in [-0.2, -0.15) is 13.2 Å². The second kappa shape index (κ2) is 12.3. The highest BCUT2D eigenvalue weighted by Crippen LogP contribution is 2.38. The number of rotatable bonds is 9. The quantitative estimate of drug-likeness (QED) is 0.325. The second-order valence-corrected chi connectivity index (χ2v) is 12.6. The molecule has 2 aromatic carbocycles. The first-order valence-electron chi connectivity index (χ1n) is 13.9. The van der Waals surface area contributed by atoms with Gasteiger partial charge in [0.1, 0.15) is 23.8 Å². The van der Waals surface area contributed by atoms with Gasteiger partial charge in [-0.05, 0) is 69.0 Å². The third-order valence-corrected chi connectivity index (χ3v) is 9.73. The highest BCUT2D eigenvalue weighted by Gasteiger charge is 2.43. The molecule has 0 bridgehead atoms. The zero-order valence-electron chi connectivity index (χ0n) is 23.4. The number of aryl methyl sites for hydroxylation is 1. The summed E-state index contributed by atoms with van der Waals surface area (Å²) in [7, 11) is -2.67. The molecule has 8 nitrogen and oxygen atoms in total. The average Bonchev–Trinajstić information content (AvgIpc) is 3.50. The summed E-state index contributed by atoms with van der Waals surface area (Å²) in [5.74, 6) is -2.65. The predicted molar refractivity (Wildman–Crippen MR) is 150 cm³/mol. The molecule has 0 spiro atoms. The van der Waals surface area contributed by atoms with E-state index in [1.165, 1.54) is 18.3 Å². The Bertz CT molecular complexity index is 1510. The number of hydrogen-bond acceptors (Lipinski definition) is 7. The van der Waals surface area contributed by atoms with Gasteiger partial charge in [-0.3, -0.25) is 9.62 Å². The van der Waals surface area contributed by atoms with Crippen molar-refractivity contribution < 1.29 is 35.1 Å². The third-order valence-electron chi connectivity index (χ3n) is 8.33. The van der Waals surface area contributed by atoms with Crippen LogP contribution in [0.2, 0.25) is 0 Å². The molecule has 5 rings (SSSR count). The molecule has 0 amide bonds. The first kappa shape index (κ1) is 31.1. The van der Waals surface area contributed by atoms with E-state index in [9.17, 15) is 21.6 Å². The van der Waals surface area contributed by atoms with E-state index < -0.39 is 43.8 Å². The van der Waals surface area contributed by atoms with E-state index in [0.717, 1.165) is 43.4 Å². The molecule has 2 fully saturated rings. The molecule has 2 atom stereocenters. The number of halogens is 5. The maximum atomic E-state index is 15.3. The van der Waals surface area contributed by atoms with Crippen LogP contribution in [0.3, 0.4) is 0 Å². The number of benzene rings is 2. The van der Waals surface area contributed by atoms with E-state index in [1.807, 2.05) is 11.9 Å². The summed E-state index contributed by atoms with van der Waals surface area (Å²) < 4.78 is 104. The minimum absolute atomic E-state index is 0.0790. The van der Waals surface area contributed by atoms with Crippen LogP contribution < -0.4 is 9.62 Å². The molecule has 2 aliphatic rings. The molecular formula is C29H32F5N5O3S. The van der Waals surface area contributed by atoms with Crippen LogP contribution in [0.1, 0.15) is 36.8 Å². The van der Waals surface area contributed by atoms with Gasteiger partial charge in [0.25, 0.3) is 10.0 Å². The van der Waals surface area contributed by atoms with Crippen LogP contribution in [0.15, 0.2) is 59.9 Å². The summed E-state index contributed by atoms with van der Waals surface area (Å²) in [4.78, 5) is 10.3. The lowest BCUT2D eigenvalue weighted by atomic mass is 9.80. The number of ether oxygens (including phenoxy) is 1. The minimum Gasteiger partial charge on any atom is -0.380 e. The number of piperidine rings is 1. The monoisotopic (exact) mass is 625 g/mol. The molecule has 0 radical (unpaired) electrons. The Balaban J connectivity index is 1.42. The van der Waals surface area contributed by atoms with Crippen molar-refractivity contribution in [1.82, 2.24) is 14.9 Å². The molecule has 3 aromatic rings. The Morgan fingerprint density at radius 2 is 1.93 bits per heavy atom. The van der Waals surface area contributed by atoms with Crippen molar-refractivity contribution in [2.24, 2.45) is 0 Å². The molecule has 3 heterocycles. The van der Waals surface area contributed by atoms with Crippen LogP contribution in [0, 0.1) is 11.6 Å². The molecule has 0 saturated carbocycles. The fourth-order valence-electron chi connectivity index (χ4n) is 6.02. The van der Waals surface area contributed by atoms with Crippen molar-refractivity contribution in [1.29, 1.82) is 0 Å². The standard InChI is InChI=1S/C29H32F5N5O3S/c1-38(22-8-13-42-17-22)28(10-6-20-4-2-5-21(14-20)29(32,33)34)9-3-12-39(18-28)23-15-24(30)27(25(31)16-23)43(40,41)37-26-7-11-35-19-36-26/h2,4-5,7,11,14-16,19,22H,3,6,8-10,12-13,17-18H2,1H3,(H,35,36,37)/t22-,28-/m1/s1. The lowest BCUT2D eigenvalue weighted by molar-refractivity contribution is -0.137. The van der Waals surface area contributed by atoms with Gasteiger partial charge < -0.3 is 9.64 Å². The predicted octanol–water partition coefficient (Wildman–Crippen LogP) is 5.27. The first-order valence-corrected chi connectivity index (χ1v) is 15.4. The third kappa shape index (κ3) is 6.91. The number of nitrogens with zero attached hydrogens (tertiary/aromatic N) is 4. The number of nitrogens with one attached hydrogen (secondary N) is 1. The Morgan fingerprint density at radius 3 is 2.58 bits per heavy atom. The summed E-state index contributed by atoms with van der Waals surface area (Å²) in [5, 5.41) is 0. The molecular weight excluding hydrogens is 593 g/mol. The molecule has 2 aliphatic heterocycles. The molecule has 0 aliphatic carbocycles. The SMILES string of the molecule is CN([C@@H]1CCOC1)[C@@]1(CCc2cccc(C(F)(F)F)c2)CCCN(c2cc(F)c(S(=O)(=O)Nc3ccncn3)c(F)c2)C1. The first-order chi connectivity index (χ1) is 20.4. The zero-order chi connectivity index (χ0) is 30.8. The van der Waals surface area contributed by atoms with Gasteiger partial charge in [-0.15, -0.1) is 0 Å². The fourth-order valence-corrected chi connectivity index (χ4v) is 7.15. The lowest BCUT2D eigenvalue weighted by Gasteiger charge is -2.51. The Morgan fingerprint density at radius 1 is 1.16 bits per heavy atom. The van der Waals surface area contributed by atoms with Crippen LogP contribution in [0.5, 0.6) is 0 Å². The van der Waals surface area contributed by atoms with E-state index in [-0.39, 0.29) is 17.5 Å². The summed E-state index contributed by atoms with van der Waals surface area (Å²) in [6, 6.07) is 8.59. The van der Waals surface area contributed by atoms with Crippen LogP contribution in [0.4, 0.5) is 33.5 Å². The molecule has 43 heavy (non-hydrogen) atoms. The van der Waals surface area contributed by atoms with Gasteiger partial charge in [-0.25, -0.2) is 27.2 Å². The fraction of sp³-hybridized carbons (Fsp3) is 0.448. The molecule has 14 heteroatoms. The van der Waals surface area contributed by atoms with Crippen LogP contribution in [0.25, 0.3) is 0 Å². The lowest BCUT2D eigenvalue weighted by Crippen LogP contribution is -2.60. The maximum absolute atomic E-state index is 15.3. The van der Waals surface area contributed by atoms with Crippen molar-refractivity contribution in [2.75, 3.05) is 43.0 Å². The minimum atomic E-state index is -4.63. The van der Waals surface area contributed by atoms with Crippen LogP contribution in [-0.4, -0.2) is 68.2 Å².